The number of aliphatic imine (C=N–C) groups is 1. The minimum absolute atomic E-state index is 0.375. The largest absolute Gasteiger partial charge is 0.383 e. The van der Waals surface area contributed by atoms with Crippen molar-refractivity contribution in [3.05, 3.63) is 35.9 Å². The van der Waals surface area contributed by atoms with Gasteiger partial charge >= 0.3 is 0 Å². The van der Waals surface area contributed by atoms with E-state index in [0.29, 0.717) is 12.6 Å². The Labute approximate surface area is 146 Å². The minimum Gasteiger partial charge on any atom is -0.383 e. The molecule has 0 saturated carbocycles. The number of rotatable bonds is 7. The Kier molecular flexibility index (Phi) is 8.05. The number of ether oxygens (including phenoxy) is 1. The van der Waals surface area contributed by atoms with Crippen LogP contribution in [0.2, 0.25) is 0 Å². The van der Waals surface area contributed by atoms with Crippen molar-refractivity contribution in [2.24, 2.45) is 10.9 Å². The summed E-state index contributed by atoms with van der Waals surface area (Å²) in [6.45, 7) is 6.97. The first-order valence-corrected chi connectivity index (χ1v) is 8.97. The zero-order valence-corrected chi connectivity index (χ0v) is 15.3. The smallest absolute Gasteiger partial charge is 0.191 e. The van der Waals surface area contributed by atoms with Gasteiger partial charge in [-0.25, -0.2) is 0 Å². The number of methoxy groups -OCH3 is 1. The molecule has 0 radical (unpaired) electrons. The lowest BCUT2D eigenvalue weighted by Gasteiger charge is -2.37. The molecule has 5 heteroatoms. The summed E-state index contributed by atoms with van der Waals surface area (Å²) in [6, 6.07) is 11.2. The van der Waals surface area contributed by atoms with Gasteiger partial charge in [0.15, 0.2) is 5.96 Å². The SMILES string of the molecule is CN=C(NCCOC)NCC(c1ccccc1)N1CCC(C)CC1. The number of nitrogens with zero attached hydrogens (tertiary/aromatic N) is 2. The van der Waals surface area contributed by atoms with E-state index in [-0.39, 0.29) is 0 Å². The number of piperidine rings is 1. The normalized spacial score (nSPS) is 18.4. The molecule has 1 heterocycles. The van der Waals surface area contributed by atoms with E-state index in [4.69, 9.17) is 4.74 Å². The van der Waals surface area contributed by atoms with Gasteiger partial charge in [0.25, 0.3) is 0 Å². The fourth-order valence-electron chi connectivity index (χ4n) is 3.16. The molecule has 0 aliphatic carbocycles. The van der Waals surface area contributed by atoms with Crippen molar-refractivity contribution in [3.63, 3.8) is 0 Å². The highest BCUT2D eigenvalue weighted by atomic mass is 16.5. The molecule has 1 atom stereocenters. The van der Waals surface area contributed by atoms with Crippen molar-refractivity contribution in [3.8, 4) is 0 Å². The van der Waals surface area contributed by atoms with Crippen molar-refractivity contribution in [1.29, 1.82) is 0 Å². The molecule has 0 amide bonds. The summed E-state index contributed by atoms with van der Waals surface area (Å²) in [4.78, 5) is 6.90. The van der Waals surface area contributed by atoms with E-state index in [9.17, 15) is 0 Å². The molecule has 1 unspecified atom stereocenters. The van der Waals surface area contributed by atoms with E-state index in [1.165, 1.54) is 18.4 Å². The van der Waals surface area contributed by atoms with Crippen molar-refractivity contribution in [1.82, 2.24) is 15.5 Å². The van der Waals surface area contributed by atoms with Gasteiger partial charge in [-0.2, -0.15) is 0 Å². The van der Waals surface area contributed by atoms with Gasteiger partial charge in [-0.05, 0) is 37.4 Å². The molecule has 5 nitrogen and oxygen atoms in total. The molecule has 2 N–H and O–H groups in total. The van der Waals surface area contributed by atoms with Crippen LogP contribution in [0.25, 0.3) is 0 Å². The Hall–Kier alpha value is -1.59. The molecular weight excluding hydrogens is 300 g/mol. The van der Waals surface area contributed by atoms with Crippen LogP contribution in [0.15, 0.2) is 35.3 Å². The molecule has 0 aromatic heterocycles. The quantitative estimate of drug-likeness (QED) is 0.457. The minimum atomic E-state index is 0.375. The van der Waals surface area contributed by atoms with Gasteiger partial charge in [-0.15, -0.1) is 0 Å². The maximum absolute atomic E-state index is 5.08. The monoisotopic (exact) mass is 332 g/mol. The van der Waals surface area contributed by atoms with Gasteiger partial charge in [0.2, 0.25) is 0 Å². The molecule has 1 saturated heterocycles. The van der Waals surface area contributed by atoms with Gasteiger partial charge in [0, 0.05) is 27.2 Å². The summed E-state index contributed by atoms with van der Waals surface area (Å²) in [5.74, 6) is 1.67. The second-order valence-corrected chi connectivity index (χ2v) is 6.52. The van der Waals surface area contributed by atoms with Crippen LogP contribution in [-0.2, 0) is 4.74 Å². The second kappa shape index (κ2) is 10.3. The Morgan fingerprint density at radius 1 is 1.25 bits per heavy atom. The molecule has 1 aliphatic rings. The second-order valence-electron chi connectivity index (χ2n) is 6.52. The summed E-state index contributed by atoms with van der Waals surface area (Å²) in [5.41, 5.74) is 1.37. The lowest BCUT2D eigenvalue weighted by atomic mass is 9.95. The third-order valence-electron chi connectivity index (χ3n) is 4.73. The van der Waals surface area contributed by atoms with Gasteiger partial charge in [0.1, 0.15) is 0 Å². The lowest BCUT2D eigenvalue weighted by Crippen LogP contribution is -2.45. The van der Waals surface area contributed by atoms with Crippen molar-refractivity contribution < 1.29 is 4.74 Å². The zero-order valence-electron chi connectivity index (χ0n) is 15.3. The summed E-state index contributed by atoms with van der Waals surface area (Å²) in [6.07, 6.45) is 2.56. The third kappa shape index (κ3) is 5.80. The van der Waals surface area contributed by atoms with E-state index < -0.39 is 0 Å². The van der Waals surface area contributed by atoms with Crippen molar-refractivity contribution in [2.75, 3.05) is 46.9 Å². The maximum Gasteiger partial charge on any atom is 0.191 e. The van der Waals surface area contributed by atoms with E-state index >= 15 is 0 Å². The van der Waals surface area contributed by atoms with Gasteiger partial charge < -0.3 is 15.4 Å². The first-order valence-electron chi connectivity index (χ1n) is 8.97. The number of benzene rings is 1. The topological polar surface area (TPSA) is 48.9 Å². The first kappa shape index (κ1) is 18.7. The van der Waals surface area contributed by atoms with Crippen LogP contribution in [0.5, 0.6) is 0 Å². The highest BCUT2D eigenvalue weighted by Crippen LogP contribution is 2.26. The molecule has 0 spiro atoms. The summed E-state index contributed by atoms with van der Waals surface area (Å²) < 4.78 is 5.08. The van der Waals surface area contributed by atoms with Crippen LogP contribution in [0.4, 0.5) is 0 Å². The molecule has 0 bridgehead atoms. The highest BCUT2D eigenvalue weighted by Gasteiger charge is 2.24. The zero-order chi connectivity index (χ0) is 17.2. The highest BCUT2D eigenvalue weighted by molar-refractivity contribution is 5.79. The Balaban J connectivity index is 1.98. The number of nitrogens with one attached hydrogen (secondary N) is 2. The summed E-state index contributed by atoms with van der Waals surface area (Å²) in [7, 11) is 3.52. The van der Waals surface area contributed by atoms with Crippen LogP contribution in [0.1, 0.15) is 31.4 Å². The van der Waals surface area contributed by atoms with E-state index in [1.54, 1.807) is 7.11 Å². The fourth-order valence-corrected chi connectivity index (χ4v) is 3.16. The summed E-state index contributed by atoms with van der Waals surface area (Å²) >= 11 is 0. The Bertz CT molecular complexity index is 483. The standard InChI is InChI=1S/C19H32N4O/c1-16-9-12-23(13-10-16)18(17-7-5-4-6-8-17)15-22-19(20-2)21-11-14-24-3/h4-8,16,18H,9-15H2,1-3H3,(H2,20,21,22). The Morgan fingerprint density at radius 3 is 2.58 bits per heavy atom. The fraction of sp³-hybridized carbons (Fsp3) is 0.632. The molecule has 1 aliphatic heterocycles. The van der Waals surface area contributed by atoms with Gasteiger partial charge in [0.05, 0.1) is 12.6 Å². The summed E-state index contributed by atoms with van der Waals surface area (Å²) in [5, 5.41) is 6.76. The van der Waals surface area contributed by atoms with Crippen LogP contribution in [-0.4, -0.2) is 57.8 Å². The average molecular weight is 332 g/mol. The predicted octanol–water partition coefficient (Wildman–Crippen LogP) is 2.27. The van der Waals surface area contributed by atoms with E-state index in [2.05, 4.69) is 57.8 Å². The van der Waals surface area contributed by atoms with Crippen LogP contribution in [0.3, 0.4) is 0 Å². The number of likely N-dealkylation sites (tertiary alicyclic amines) is 1. The van der Waals surface area contributed by atoms with Crippen molar-refractivity contribution in [2.45, 2.75) is 25.8 Å². The first-order chi connectivity index (χ1) is 11.7. The molecule has 1 aromatic rings. The van der Waals surface area contributed by atoms with Gasteiger partial charge in [-0.3, -0.25) is 9.89 Å². The maximum atomic E-state index is 5.08. The molecule has 1 fully saturated rings. The molecule has 24 heavy (non-hydrogen) atoms. The van der Waals surface area contributed by atoms with Crippen molar-refractivity contribution >= 4 is 5.96 Å². The number of guanidine groups is 1. The van der Waals surface area contributed by atoms with Crippen LogP contribution in [0, 0.1) is 5.92 Å². The number of hydrogen-bond acceptors (Lipinski definition) is 3. The molecule has 134 valence electrons. The molecular formula is C19H32N4O. The van der Waals surface area contributed by atoms with Gasteiger partial charge in [-0.1, -0.05) is 37.3 Å². The average Bonchev–Trinajstić information content (AvgIpc) is 2.63. The van der Waals surface area contributed by atoms with Crippen LogP contribution < -0.4 is 10.6 Å². The number of hydrogen-bond donors (Lipinski definition) is 2. The predicted molar refractivity (Wildman–Crippen MR) is 100 cm³/mol. The van der Waals surface area contributed by atoms with E-state index in [0.717, 1.165) is 38.1 Å². The lowest BCUT2D eigenvalue weighted by molar-refractivity contribution is 0.138. The third-order valence-corrected chi connectivity index (χ3v) is 4.73. The molecule has 2 rings (SSSR count). The molecule has 1 aromatic carbocycles. The Morgan fingerprint density at radius 2 is 1.96 bits per heavy atom. The van der Waals surface area contributed by atoms with E-state index in [1.807, 2.05) is 7.05 Å². The van der Waals surface area contributed by atoms with Crippen LogP contribution >= 0.6 is 0 Å².